The largest absolute Gasteiger partial charge is 0.367 e. The van der Waals surface area contributed by atoms with E-state index in [-0.39, 0.29) is 22.7 Å². The van der Waals surface area contributed by atoms with E-state index in [1.54, 1.807) is 42.5 Å². The van der Waals surface area contributed by atoms with Crippen molar-refractivity contribution in [3.63, 3.8) is 0 Å². The van der Waals surface area contributed by atoms with Crippen LogP contribution in [0.1, 0.15) is 52.9 Å². The third-order valence-corrected chi connectivity index (χ3v) is 10.1. The van der Waals surface area contributed by atoms with E-state index in [1.807, 2.05) is 46.2 Å². The van der Waals surface area contributed by atoms with Gasteiger partial charge < -0.3 is 15.1 Å². The van der Waals surface area contributed by atoms with Crippen LogP contribution < -0.4 is 19.8 Å². The summed E-state index contributed by atoms with van der Waals surface area (Å²) in [7, 11) is -4.00. The highest BCUT2D eigenvalue weighted by Gasteiger charge is 2.30. The first-order valence-electron chi connectivity index (χ1n) is 15.2. The minimum atomic E-state index is -4.00. The molecular formula is C35H37FN4O3S. The monoisotopic (exact) mass is 612 g/mol. The second-order valence-electron chi connectivity index (χ2n) is 11.4. The van der Waals surface area contributed by atoms with Gasteiger partial charge in [0.25, 0.3) is 5.91 Å². The summed E-state index contributed by atoms with van der Waals surface area (Å²) in [5.41, 5.74) is 5.28. The lowest BCUT2D eigenvalue weighted by Crippen LogP contribution is -2.47. The summed E-state index contributed by atoms with van der Waals surface area (Å²) >= 11 is 0. The lowest BCUT2D eigenvalue weighted by molar-refractivity contribution is 0.102. The minimum absolute atomic E-state index is 0.110. The van der Waals surface area contributed by atoms with Crippen molar-refractivity contribution in [1.82, 2.24) is 4.72 Å². The van der Waals surface area contributed by atoms with Crippen LogP contribution in [0.15, 0.2) is 95.9 Å². The molecule has 1 atom stereocenters. The Morgan fingerprint density at radius 1 is 0.864 bits per heavy atom. The lowest BCUT2D eigenvalue weighted by Gasteiger charge is -2.38. The van der Waals surface area contributed by atoms with E-state index in [1.165, 1.54) is 6.07 Å². The molecule has 228 valence electrons. The Hall–Kier alpha value is -4.21. The molecule has 7 nitrogen and oxygen atoms in total. The predicted octanol–water partition coefficient (Wildman–Crippen LogP) is 6.32. The fourth-order valence-corrected chi connectivity index (χ4v) is 7.69. The molecule has 0 saturated carbocycles. The molecule has 2 aliphatic rings. The molecule has 44 heavy (non-hydrogen) atoms. The number of hydrogen-bond donors (Lipinski definition) is 2. The summed E-state index contributed by atoms with van der Waals surface area (Å²) in [4.78, 5) is 17.2. The van der Waals surface area contributed by atoms with E-state index in [4.69, 9.17) is 0 Å². The number of amides is 1. The number of nitrogens with one attached hydrogen (secondary N) is 2. The highest BCUT2D eigenvalue weighted by molar-refractivity contribution is 7.89. The second kappa shape index (κ2) is 12.8. The van der Waals surface area contributed by atoms with E-state index in [2.05, 4.69) is 23.0 Å². The number of para-hydroxylation sites is 1. The quantitative estimate of drug-likeness (QED) is 0.243. The lowest BCUT2D eigenvalue weighted by atomic mass is 9.88. The van der Waals surface area contributed by atoms with Gasteiger partial charge in [0.15, 0.2) is 0 Å². The molecule has 0 spiro atoms. The van der Waals surface area contributed by atoms with Crippen LogP contribution in [0.3, 0.4) is 0 Å². The molecule has 1 saturated heterocycles. The van der Waals surface area contributed by atoms with Crippen LogP contribution in [0.2, 0.25) is 0 Å². The Labute approximate surface area is 258 Å². The predicted molar refractivity (Wildman–Crippen MR) is 173 cm³/mol. The molecule has 1 aliphatic carbocycles. The Morgan fingerprint density at radius 2 is 1.55 bits per heavy atom. The van der Waals surface area contributed by atoms with Gasteiger partial charge in [0.1, 0.15) is 10.7 Å². The van der Waals surface area contributed by atoms with Gasteiger partial charge in [0, 0.05) is 43.5 Å². The van der Waals surface area contributed by atoms with Crippen LogP contribution in [0.4, 0.5) is 21.5 Å². The maximum Gasteiger partial charge on any atom is 0.255 e. The molecule has 9 heteroatoms. The topological polar surface area (TPSA) is 81.8 Å². The van der Waals surface area contributed by atoms with Crippen molar-refractivity contribution >= 4 is 33.0 Å². The number of hydrogen-bond acceptors (Lipinski definition) is 5. The standard InChI is InChI=1S/C35H37FN4O3S/c1-2-25-14-16-27(17-15-25)35(41)37-28-18-19-33(40-22-20-39(21-23-40)32-13-6-5-11-30(32)36)34(24-28)44(42,43)38-31-12-7-9-26-8-3-4-10-29(26)31/h3-6,8,10-11,13-19,24,31,38H,2,7,9,12,20-23H2,1H3,(H,37,41). The van der Waals surface area contributed by atoms with Crippen molar-refractivity contribution in [3.8, 4) is 0 Å². The van der Waals surface area contributed by atoms with Gasteiger partial charge >= 0.3 is 0 Å². The maximum atomic E-state index is 14.5. The number of sulfonamides is 1. The van der Waals surface area contributed by atoms with E-state index in [0.717, 1.165) is 36.0 Å². The van der Waals surface area contributed by atoms with Crippen molar-refractivity contribution < 1.29 is 17.6 Å². The fourth-order valence-electron chi connectivity index (χ4n) is 6.19. The van der Waals surface area contributed by atoms with Gasteiger partial charge in [-0.15, -0.1) is 0 Å². The zero-order valence-electron chi connectivity index (χ0n) is 24.8. The molecule has 1 amide bonds. The molecule has 0 radical (unpaired) electrons. The number of aryl methyl sites for hydroxylation is 2. The Morgan fingerprint density at radius 3 is 2.27 bits per heavy atom. The third-order valence-electron chi connectivity index (χ3n) is 8.61. The number of fused-ring (bicyclic) bond motifs is 1. The van der Waals surface area contributed by atoms with E-state index in [0.29, 0.717) is 55.2 Å². The first kappa shape index (κ1) is 29.8. The number of rotatable bonds is 8. The molecule has 4 aromatic rings. The molecule has 1 unspecified atom stereocenters. The molecule has 1 fully saturated rings. The van der Waals surface area contributed by atoms with Gasteiger partial charge in [-0.25, -0.2) is 17.5 Å². The maximum absolute atomic E-state index is 14.5. The van der Waals surface area contributed by atoms with Gasteiger partial charge in [0.05, 0.1) is 11.4 Å². The van der Waals surface area contributed by atoms with Crippen LogP contribution in [0.25, 0.3) is 0 Å². The molecule has 2 N–H and O–H groups in total. The minimum Gasteiger partial charge on any atom is -0.367 e. The van der Waals surface area contributed by atoms with E-state index >= 15 is 0 Å². The molecule has 0 aromatic heterocycles. The zero-order valence-corrected chi connectivity index (χ0v) is 25.6. The number of anilines is 3. The highest BCUT2D eigenvalue weighted by atomic mass is 32.2. The van der Waals surface area contributed by atoms with Gasteiger partial charge in [-0.3, -0.25) is 4.79 Å². The van der Waals surface area contributed by atoms with Crippen molar-refractivity contribution in [2.75, 3.05) is 41.3 Å². The van der Waals surface area contributed by atoms with Crippen LogP contribution in [0.5, 0.6) is 0 Å². The molecular weight excluding hydrogens is 575 g/mol. The number of nitrogens with zero attached hydrogens (tertiary/aromatic N) is 2. The van der Waals surface area contributed by atoms with Gasteiger partial charge in [-0.1, -0.05) is 55.5 Å². The van der Waals surface area contributed by atoms with E-state index < -0.39 is 10.0 Å². The summed E-state index contributed by atoms with van der Waals surface area (Å²) in [6.07, 6.45) is 3.39. The summed E-state index contributed by atoms with van der Waals surface area (Å²) < 4.78 is 45.8. The average molecular weight is 613 g/mol. The Balaban J connectivity index is 1.29. The van der Waals surface area contributed by atoms with Crippen LogP contribution in [-0.4, -0.2) is 40.5 Å². The zero-order chi connectivity index (χ0) is 30.7. The number of carbonyl (C=O) groups excluding carboxylic acids is 1. The van der Waals surface area contributed by atoms with Crippen LogP contribution >= 0.6 is 0 Å². The van der Waals surface area contributed by atoms with E-state index in [9.17, 15) is 17.6 Å². The van der Waals surface area contributed by atoms with Gasteiger partial charge in [0.2, 0.25) is 10.0 Å². The average Bonchev–Trinajstić information content (AvgIpc) is 3.05. The van der Waals surface area contributed by atoms with Gasteiger partial charge in [-0.2, -0.15) is 0 Å². The molecule has 1 aliphatic heterocycles. The van der Waals surface area contributed by atoms with Crippen molar-refractivity contribution in [2.45, 2.75) is 43.5 Å². The SMILES string of the molecule is CCc1ccc(C(=O)Nc2ccc(N3CCN(c4ccccc4F)CC3)c(S(=O)(=O)NC3CCCc4ccccc43)c2)cc1. The third kappa shape index (κ3) is 6.34. The summed E-state index contributed by atoms with van der Waals surface area (Å²) in [6, 6.07) is 26.8. The highest BCUT2D eigenvalue weighted by Crippen LogP contribution is 2.35. The normalized spacial score (nSPS) is 16.8. The van der Waals surface area contributed by atoms with Gasteiger partial charge in [-0.05, 0) is 84.8 Å². The second-order valence-corrected chi connectivity index (χ2v) is 13.1. The first-order valence-corrected chi connectivity index (χ1v) is 16.7. The molecule has 1 heterocycles. The first-order chi connectivity index (χ1) is 21.3. The number of carbonyl (C=O) groups is 1. The Bertz CT molecular complexity index is 1750. The van der Waals surface area contributed by atoms with Crippen molar-refractivity contribution in [2.24, 2.45) is 0 Å². The van der Waals surface area contributed by atoms with Crippen LogP contribution in [0, 0.1) is 5.82 Å². The number of benzene rings is 4. The summed E-state index contributed by atoms with van der Waals surface area (Å²) in [6.45, 7) is 4.15. The Kier molecular flexibility index (Phi) is 8.68. The molecule has 4 aromatic carbocycles. The number of piperazine rings is 1. The van der Waals surface area contributed by atoms with Crippen molar-refractivity contribution in [3.05, 3.63) is 119 Å². The smallest absolute Gasteiger partial charge is 0.255 e. The van der Waals surface area contributed by atoms with Crippen LogP contribution in [-0.2, 0) is 22.9 Å². The molecule has 6 rings (SSSR count). The summed E-state index contributed by atoms with van der Waals surface area (Å²) in [5.74, 6) is -0.581. The fraction of sp³-hybridized carbons (Fsp3) is 0.286. The summed E-state index contributed by atoms with van der Waals surface area (Å²) in [5, 5.41) is 2.89. The van der Waals surface area contributed by atoms with Crippen molar-refractivity contribution in [1.29, 1.82) is 0 Å². The molecule has 0 bridgehead atoms. The number of halogens is 1.